The van der Waals surface area contributed by atoms with Crippen molar-refractivity contribution in [3.63, 3.8) is 0 Å². The molecular weight excluding hydrogens is 174 g/mol. The van der Waals surface area contributed by atoms with Gasteiger partial charge < -0.3 is 5.32 Å². The van der Waals surface area contributed by atoms with Crippen molar-refractivity contribution in [2.75, 3.05) is 0 Å². The molecule has 0 bridgehead atoms. The van der Waals surface area contributed by atoms with Crippen LogP contribution in [0.5, 0.6) is 0 Å². The number of nitrogens with one attached hydrogen (secondary N) is 1. The first-order chi connectivity index (χ1) is 6.62. The van der Waals surface area contributed by atoms with E-state index in [-0.39, 0.29) is 11.4 Å². The van der Waals surface area contributed by atoms with Gasteiger partial charge in [-0.2, -0.15) is 0 Å². The van der Waals surface area contributed by atoms with Crippen molar-refractivity contribution >= 4 is 5.91 Å². The highest BCUT2D eigenvalue weighted by Gasteiger charge is 2.36. The molecule has 1 fully saturated rings. The van der Waals surface area contributed by atoms with Crippen molar-refractivity contribution < 1.29 is 4.79 Å². The standard InChI is InChI=1S/C12H13NO/c1-9-8-12(2,13-11(9)14)10-6-4-3-5-7-10/h3-7H,1,8H2,2H3,(H,13,14)/t12-/m0/s1. The number of amides is 1. The van der Waals surface area contributed by atoms with E-state index in [1.54, 1.807) is 0 Å². The van der Waals surface area contributed by atoms with E-state index < -0.39 is 0 Å². The smallest absolute Gasteiger partial charge is 0.247 e. The van der Waals surface area contributed by atoms with Gasteiger partial charge >= 0.3 is 0 Å². The topological polar surface area (TPSA) is 29.1 Å². The van der Waals surface area contributed by atoms with Crippen LogP contribution in [0, 0.1) is 0 Å². The Kier molecular flexibility index (Phi) is 1.92. The Balaban J connectivity index is 2.36. The average molecular weight is 187 g/mol. The number of rotatable bonds is 1. The maximum absolute atomic E-state index is 11.4. The van der Waals surface area contributed by atoms with E-state index in [4.69, 9.17) is 0 Å². The van der Waals surface area contributed by atoms with Gasteiger partial charge in [0.15, 0.2) is 0 Å². The van der Waals surface area contributed by atoms with Gasteiger partial charge in [-0.1, -0.05) is 36.9 Å². The first-order valence-electron chi connectivity index (χ1n) is 4.68. The average Bonchev–Trinajstić information content (AvgIpc) is 2.44. The van der Waals surface area contributed by atoms with Gasteiger partial charge in [-0.05, 0) is 12.5 Å². The molecule has 1 aromatic carbocycles. The van der Waals surface area contributed by atoms with Crippen LogP contribution < -0.4 is 5.32 Å². The summed E-state index contributed by atoms with van der Waals surface area (Å²) < 4.78 is 0. The Morgan fingerprint density at radius 3 is 2.50 bits per heavy atom. The summed E-state index contributed by atoms with van der Waals surface area (Å²) in [6.07, 6.45) is 0.690. The molecule has 2 heteroatoms. The summed E-state index contributed by atoms with van der Waals surface area (Å²) in [7, 11) is 0. The molecule has 1 aliphatic rings. The maximum Gasteiger partial charge on any atom is 0.247 e. The zero-order valence-electron chi connectivity index (χ0n) is 8.21. The van der Waals surface area contributed by atoms with Gasteiger partial charge in [-0.15, -0.1) is 0 Å². The molecule has 1 heterocycles. The third-order valence-electron chi connectivity index (χ3n) is 2.69. The highest BCUT2D eigenvalue weighted by atomic mass is 16.2. The molecule has 0 unspecified atom stereocenters. The van der Waals surface area contributed by atoms with Crippen LogP contribution in [0.15, 0.2) is 42.5 Å². The predicted molar refractivity (Wildman–Crippen MR) is 55.7 cm³/mol. The number of hydrogen-bond donors (Lipinski definition) is 1. The Morgan fingerprint density at radius 2 is 2.00 bits per heavy atom. The lowest BCUT2D eigenvalue weighted by atomic mass is 9.90. The Labute approximate surface area is 83.6 Å². The van der Waals surface area contributed by atoms with E-state index in [1.165, 1.54) is 0 Å². The number of benzene rings is 1. The molecule has 0 aromatic heterocycles. The van der Waals surface area contributed by atoms with Gasteiger partial charge in [-0.25, -0.2) is 0 Å². The molecule has 1 atom stereocenters. The van der Waals surface area contributed by atoms with Gasteiger partial charge in [0.2, 0.25) is 5.91 Å². The summed E-state index contributed by atoms with van der Waals surface area (Å²) in [5.74, 6) is -0.0312. The van der Waals surface area contributed by atoms with E-state index in [1.807, 2.05) is 37.3 Å². The third kappa shape index (κ3) is 1.33. The van der Waals surface area contributed by atoms with Crippen molar-refractivity contribution in [1.82, 2.24) is 5.32 Å². The second kappa shape index (κ2) is 2.98. The molecule has 0 radical (unpaired) electrons. The molecule has 1 N–H and O–H groups in total. The van der Waals surface area contributed by atoms with Crippen molar-refractivity contribution in [2.45, 2.75) is 18.9 Å². The molecule has 1 saturated heterocycles. The van der Waals surface area contributed by atoms with E-state index in [0.29, 0.717) is 12.0 Å². The first-order valence-corrected chi connectivity index (χ1v) is 4.68. The van der Waals surface area contributed by atoms with Gasteiger partial charge in [0.05, 0.1) is 5.54 Å². The molecule has 2 nitrogen and oxygen atoms in total. The fraction of sp³-hybridized carbons (Fsp3) is 0.250. The first kappa shape index (κ1) is 9.00. The lowest BCUT2D eigenvalue weighted by Gasteiger charge is -2.23. The van der Waals surface area contributed by atoms with Crippen molar-refractivity contribution in [3.05, 3.63) is 48.0 Å². The molecule has 1 aromatic rings. The second-order valence-corrected chi connectivity index (χ2v) is 3.93. The van der Waals surface area contributed by atoms with Crippen LogP contribution in [0.2, 0.25) is 0 Å². The van der Waals surface area contributed by atoms with Crippen LogP contribution in [0.4, 0.5) is 0 Å². The minimum atomic E-state index is -0.268. The second-order valence-electron chi connectivity index (χ2n) is 3.93. The third-order valence-corrected chi connectivity index (χ3v) is 2.69. The Bertz CT molecular complexity index is 365. The zero-order chi connectivity index (χ0) is 10.2. The molecule has 2 rings (SSSR count). The summed E-state index contributed by atoms with van der Waals surface area (Å²) in [6, 6.07) is 9.98. The van der Waals surface area contributed by atoms with E-state index in [9.17, 15) is 4.79 Å². The number of carbonyl (C=O) groups is 1. The van der Waals surface area contributed by atoms with E-state index in [2.05, 4.69) is 11.9 Å². The SMILES string of the molecule is C=C1C[C@@](C)(c2ccccc2)NC1=O. The van der Waals surface area contributed by atoms with Crippen LogP contribution in [0.3, 0.4) is 0 Å². The van der Waals surface area contributed by atoms with Gasteiger partial charge in [-0.3, -0.25) is 4.79 Å². The lowest BCUT2D eigenvalue weighted by molar-refractivity contribution is -0.117. The molecule has 0 spiro atoms. The minimum Gasteiger partial charge on any atom is -0.343 e. The molecule has 0 aliphatic carbocycles. The summed E-state index contributed by atoms with van der Waals surface area (Å²) in [4.78, 5) is 11.4. The van der Waals surface area contributed by atoms with Crippen LogP contribution in [0.25, 0.3) is 0 Å². The van der Waals surface area contributed by atoms with E-state index >= 15 is 0 Å². The monoisotopic (exact) mass is 187 g/mol. The van der Waals surface area contributed by atoms with Gasteiger partial charge in [0.1, 0.15) is 0 Å². The van der Waals surface area contributed by atoms with Crippen molar-refractivity contribution in [1.29, 1.82) is 0 Å². The summed E-state index contributed by atoms with van der Waals surface area (Å²) >= 11 is 0. The maximum atomic E-state index is 11.4. The molecule has 0 saturated carbocycles. The van der Waals surface area contributed by atoms with Crippen LogP contribution in [-0.2, 0) is 10.3 Å². The molecule has 1 amide bonds. The lowest BCUT2D eigenvalue weighted by Crippen LogP contribution is -2.35. The highest BCUT2D eigenvalue weighted by Crippen LogP contribution is 2.32. The largest absolute Gasteiger partial charge is 0.343 e. The van der Waals surface area contributed by atoms with E-state index in [0.717, 1.165) is 5.56 Å². The fourth-order valence-electron chi connectivity index (χ4n) is 1.87. The molecule has 14 heavy (non-hydrogen) atoms. The summed E-state index contributed by atoms with van der Waals surface area (Å²) in [5, 5.41) is 2.96. The summed E-state index contributed by atoms with van der Waals surface area (Å²) in [5.41, 5.74) is 1.53. The van der Waals surface area contributed by atoms with Crippen LogP contribution in [0.1, 0.15) is 18.9 Å². The molecule has 72 valence electrons. The summed E-state index contributed by atoms with van der Waals surface area (Å²) in [6.45, 7) is 5.77. The Morgan fingerprint density at radius 1 is 1.36 bits per heavy atom. The number of carbonyl (C=O) groups excluding carboxylic acids is 1. The Hall–Kier alpha value is -1.57. The van der Waals surface area contributed by atoms with Crippen LogP contribution >= 0.6 is 0 Å². The van der Waals surface area contributed by atoms with Crippen LogP contribution in [-0.4, -0.2) is 5.91 Å². The minimum absolute atomic E-state index is 0.0312. The molecular formula is C12H13NO. The van der Waals surface area contributed by atoms with Crippen molar-refractivity contribution in [2.24, 2.45) is 0 Å². The van der Waals surface area contributed by atoms with Crippen molar-refractivity contribution in [3.8, 4) is 0 Å². The predicted octanol–water partition coefficient (Wildman–Crippen LogP) is 1.98. The quantitative estimate of drug-likeness (QED) is 0.669. The fourth-order valence-corrected chi connectivity index (χ4v) is 1.87. The molecule has 1 aliphatic heterocycles. The normalized spacial score (nSPS) is 26.4. The highest BCUT2D eigenvalue weighted by molar-refractivity contribution is 5.96. The van der Waals surface area contributed by atoms with Gasteiger partial charge in [0.25, 0.3) is 0 Å². The number of hydrogen-bond acceptors (Lipinski definition) is 1. The van der Waals surface area contributed by atoms with Gasteiger partial charge in [0, 0.05) is 12.0 Å². The zero-order valence-corrected chi connectivity index (χ0v) is 8.21.